The highest BCUT2D eigenvalue weighted by molar-refractivity contribution is 7.90. The molecule has 0 bridgehead atoms. The highest BCUT2D eigenvalue weighted by Gasteiger charge is 2.13. The van der Waals surface area contributed by atoms with E-state index in [0.717, 1.165) is 0 Å². The molecule has 16 heavy (non-hydrogen) atoms. The van der Waals surface area contributed by atoms with Gasteiger partial charge in [-0.1, -0.05) is 17.7 Å². The van der Waals surface area contributed by atoms with E-state index in [1.807, 2.05) is 0 Å². The van der Waals surface area contributed by atoms with E-state index in [2.05, 4.69) is 4.98 Å². The molecule has 0 fully saturated rings. The lowest BCUT2D eigenvalue weighted by molar-refractivity contribution is 0.217. The Morgan fingerprint density at radius 1 is 1.44 bits per heavy atom. The summed E-state index contributed by atoms with van der Waals surface area (Å²) in [5.41, 5.74) is 1.33. The third-order valence-corrected chi connectivity index (χ3v) is 3.89. The minimum Gasteiger partial charge on any atom is -0.384 e. The van der Waals surface area contributed by atoms with Gasteiger partial charge >= 0.3 is 0 Å². The van der Waals surface area contributed by atoms with Crippen LogP contribution in [0.5, 0.6) is 0 Å². The van der Waals surface area contributed by atoms with E-state index in [-0.39, 0.29) is 18.1 Å². The number of rotatable bonds is 5. The van der Waals surface area contributed by atoms with Crippen molar-refractivity contribution >= 4 is 21.4 Å². The molecule has 1 heterocycles. The molecule has 0 spiro atoms. The first-order valence-electron chi connectivity index (χ1n) is 4.76. The molecule has 0 saturated heterocycles. The number of hydrogen-bond acceptors (Lipinski definition) is 4. The largest absolute Gasteiger partial charge is 0.384 e. The molecule has 1 aromatic rings. The highest BCUT2D eigenvalue weighted by atomic mass is 35.5. The van der Waals surface area contributed by atoms with Crippen LogP contribution in [-0.2, 0) is 20.3 Å². The lowest BCUT2D eigenvalue weighted by atomic mass is 10.2. The summed E-state index contributed by atoms with van der Waals surface area (Å²) >= 11 is 5.69. The van der Waals surface area contributed by atoms with Crippen molar-refractivity contribution in [3.05, 3.63) is 28.5 Å². The lowest BCUT2D eigenvalue weighted by Gasteiger charge is -2.06. The molecule has 0 N–H and O–H groups in total. The van der Waals surface area contributed by atoms with E-state index >= 15 is 0 Å². The number of aryl methyl sites for hydroxylation is 1. The molecule has 0 radical (unpaired) electrons. The van der Waals surface area contributed by atoms with Crippen molar-refractivity contribution in [3.63, 3.8) is 0 Å². The summed E-state index contributed by atoms with van der Waals surface area (Å²) in [7, 11) is -1.66. The number of methoxy groups -OCH3 is 1. The quantitative estimate of drug-likeness (QED) is 0.758. The molecular formula is C10H14ClNO3S. The van der Waals surface area contributed by atoms with E-state index < -0.39 is 9.84 Å². The maximum atomic E-state index is 11.7. The molecule has 6 heteroatoms. The summed E-state index contributed by atoms with van der Waals surface area (Å²) in [6.45, 7) is 1.95. The van der Waals surface area contributed by atoms with Crippen LogP contribution in [0.15, 0.2) is 12.1 Å². The molecule has 0 aliphatic heterocycles. The van der Waals surface area contributed by atoms with Crippen LogP contribution in [0.2, 0.25) is 5.15 Å². The maximum absolute atomic E-state index is 11.7. The summed E-state index contributed by atoms with van der Waals surface area (Å²) in [4.78, 5) is 4.01. The highest BCUT2D eigenvalue weighted by Crippen LogP contribution is 2.14. The molecule has 1 rings (SSSR count). The van der Waals surface area contributed by atoms with Gasteiger partial charge in [0.15, 0.2) is 9.84 Å². The zero-order valence-corrected chi connectivity index (χ0v) is 10.8. The first-order valence-corrected chi connectivity index (χ1v) is 6.96. The number of hydrogen-bond donors (Lipinski definition) is 0. The van der Waals surface area contributed by atoms with Crippen molar-refractivity contribution in [1.29, 1.82) is 0 Å². The molecular weight excluding hydrogens is 250 g/mol. The van der Waals surface area contributed by atoms with Gasteiger partial charge in [-0.15, -0.1) is 0 Å². The molecule has 0 aromatic carbocycles. The Labute approximate surface area is 101 Å². The molecule has 1 aromatic heterocycles. The SMILES string of the molecule is COCCS(=O)(=O)Cc1ccc(Cl)nc1C. The monoisotopic (exact) mass is 263 g/mol. The van der Waals surface area contributed by atoms with E-state index in [1.54, 1.807) is 19.1 Å². The van der Waals surface area contributed by atoms with Crippen LogP contribution in [0.25, 0.3) is 0 Å². The molecule has 0 amide bonds. The zero-order chi connectivity index (χ0) is 12.2. The molecule has 90 valence electrons. The second kappa shape index (κ2) is 5.61. The van der Waals surface area contributed by atoms with Crippen LogP contribution in [0.1, 0.15) is 11.3 Å². The Morgan fingerprint density at radius 3 is 2.69 bits per heavy atom. The van der Waals surface area contributed by atoms with Crippen LogP contribution in [0, 0.1) is 6.92 Å². The summed E-state index contributed by atoms with van der Waals surface area (Å²) in [6.07, 6.45) is 0. The van der Waals surface area contributed by atoms with Crippen molar-refractivity contribution in [2.75, 3.05) is 19.5 Å². The van der Waals surface area contributed by atoms with Crippen LogP contribution in [0.4, 0.5) is 0 Å². The fraction of sp³-hybridized carbons (Fsp3) is 0.500. The van der Waals surface area contributed by atoms with Crippen molar-refractivity contribution in [2.45, 2.75) is 12.7 Å². The van der Waals surface area contributed by atoms with Gasteiger partial charge in [-0.25, -0.2) is 13.4 Å². The van der Waals surface area contributed by atoms with Crippen molar-refractivity contribution in [1.82, 2.24) is 4.98 Å². The van der Waals surface area contributed by atoms with Gasteiger partial charge in [-0.05, 0) is 18.6 Å². The van der Waals surface area contributed by atoms with Gasteiger partial charge < -0.3 is 4.74 Å². The summed E-state index contributed by atoms with van der Waals surface area (Å²) in [6, 6.07) is 3.28. The van der Waals surface area contributed by atoms with Gasteiger partial charge in [0.2, 0.25) is 0 Å². The summed E-state index contributed by atoms with van der Waals surface area (Å²) < 4.78 is 28.1. The maximum Gasteiger partial charge on any atom is 0.156 e. The first kappa shape index (κ1) is 13.4. The topological polar surface area (TPSA) is 56.3 Å². The van der Waals surface area contributed by atoms with E-state index in [0.29, 0.717) is 16.4 Å². The van der Waals surface area contributed by atoms with Gasteiger partial charge in [0.25, 0.3) is 0 Å². The minimum absolute atomic E-state index is 0.0194. The predicted octanol–water partition coefficient (Wildman–Crippen LogP) is 1.60. The Balaban J connectivity index is 2.80. The molecule has 0 aliphatic rings. The summed E-state index contributed by atoms with van der Waals surface area (Å²) in [5, 5.41) is 0.371. The Bertz CT molecular complexity index is 459. The lowest BCUT2D eigenvalue weighted by Crippen LogP contribution is -2.14. The first-order chi connectivity index (χ1) is 7.44. The third kappa shape index (κ3) is 4.08. The molecule has 0 unspecified atom stereocenters. The standard InChI is InChI=1S/C10H14ClNO3S/c1-8-9(3-4-10(11)12-8)7-16(13,14)6-5-15-2/h3-4H,5-7H2,1-2H3. The van der Waals surface area contributed by atoms with Crippen LogP contribution < -0.4 is 0 Å². The van der Waals surface area contributed by atoms with E-state index in [1.165, 1.54) is 7.11 Å². The second-order valence-corrected chi connectivity index (χ2v) is 6.03. The number of aromatic nitrogens is 1. The van der Waals surface area contributed by atoms with Crippen LogP contribution in [-0.4, -0.2) is 32.9 Å². The number of pyridine rings is 1. The Morgan fingerprint density at radius 2 is 2.12 bits per heavy atom. The van der Waals surface area contributed by atoms with Crippen molar-refractivity contribution in [3.8, 4) is 0 Å². The minimum atomic E-state index is -3.14. The average Bonchev–Trinajstić information content (AvgIpc) is 2.19. The number of ether oxygens (including phenoxy) is 1. The number of sulfone groups is 1. The number of nitrogens with zero attached hydrogens (tertiary/aromatic N) is 1. The van der Waals surface area contributed by atoms with Crippen molar-refractivity contribution in [2.24, 2.45) is 0 Å². The van der Waals surface area contributed by atoms with Gasteiger partial charge in [0.05, 0.1) is 18.1 Å². The van der Waals surface area contributed by atoms with Crippen LogP contribution in [0.3, 0.4) is 0 Å². The molecule has 0 atom stereocenters. The third-order valence-electron chi connectivity index (χ3n) is 2.14. The van der Waals surface area contributed by atoms with E-state index in [9.17, 15) is 8.42 Å². The summed E-state index contributed by atoms with van der Waals surface area (Å²) in [5.74, 6) is -0.00205. The second-order valence-electron chi connectivity index (χ2n) is 3.46. The average molecular weight is 264 g/mol. The van der Waals surface area contributed by atoms with Gasteiger partial charge in [-0.2, -0.15) is 0 Å². The van der Waals surface area contributed by atoms with Crippen molar-refractivity contribution < 1.29 is 13.2 Å². The fourth-order valence-corrected chi connectivity index (χ4v) is 2.76. The number of halogens is 1. The Kier molecular flexibility index (Phi) is 4.70. The molecule has 0 saturated carbocycles. The van der Waals surface area contributed by atoms with Crippen LogP contribution >= 0.6 is 11.6 Å². The fourth-order valence-electron chi connectivity index (χ4n) is 1.23. The van der Waals surface area contributed by atoms with Gasteiger partial charge in [0.1, 0.15) is 5.15 Å². The molecule has 0 aliphatic carbocycles. The van der Waals surface area contributed by atoms with Gasteiger partial charge in [0, 0.05) is 12.8 Å². The molecule has 4 nitrogen and oxygen atoms in total. The Hall–Kier alpha value is -0.650. The van der Waals surface area contributed by atoms with Gasteiger partial charge in [-0.3, -0.25) is 0 Å². The normalized spacial score (nSPS) is 11.7. The smallest absolute Gasteiger partial charge is 0.156 e. The predicted molar refractivity (Wildman–Crippen MR) is 63.4 cm³/mol. The van der Waals surface area contributed by atoms with E-state index in [4.69, 9.17) is 16.3 Å². The zero-order valence-electron chi connectivity index (χ0n) is 9.23.